The van der Waals surface area contributed by atoms with Crippen LogP contribution in [0.1, 0.15) is 31.2 Å². The number of carbonyl (C=O) groups excluding carboxylic acids is 1. The van der Waals surface area contributed by atoms with Crippen molar-refractivity contribution in [2.24, 2.45) is 4.99 Å². The molecule has 0 N–H and O–H groups in total. The molecule has 194 valence electrons. The molecule has 1 unspecified atom stereocenters. The van der Waals surface area contributed by atoms with Gasteiger partial charge < -0.3 is 23.7 Å². The molecule has 0 radical (unpaired) electrons. The summed E-state index contributed by atoms with van der Waals surface area (Å²) in [6.45, 7) is 6.62. The lowest BCUT2D eigenvalue weighted by Gasteiger charge is -2.26. The summed E-state index contributed by atoms with van der Waals surface area (Å²) >= 11 is 1.28. The average molecular weight is 523 g/mol. The van der Waals surface area contributed by atoms with Crippen molar-refractivity contribution in [1.29, 1.82) is 0 Å². The first kappa shape index (κ1) is 25.0. The van der Waals surface area contributed by atoms with E-state index in [1.54, 1.807) is 24.5 Å². The zero-order valence-electron chi connectivity index (χ0n) is 21.4. The number of ether oxygens (including phenoxy) is 2. The van der Waals surface area contributed by atoms with Gasteiger partial charge in [-0.3, -0.25) is 9.36 Å². The second kappa shape index (κ2) is 10.4. The van der Waals surface area contributed by atoms with E-state index in [-0.39, 0.29) is 12.2 Å². The number of morpholine rings is 1. The first-order chi connectivity index (χ1) is 17.9. The molecule has 1 saturated heterocycles. The third kappa shape index (κ3) is 4.86. The number of thiazole rings is 1. The fourth-order valence-corrected chi connectivity index (χ4v) is 5.59. The van der Waals surface area contributed by atoms with Crippen LogP contribution in [0.2, 0.25) is 0 Å². The summed E-state index contributed by atoms with van der Waals surface area (Å²) in [4.78, 5) is 36.1. The minimum Gasteiger partial charge on any atom is -0.463 e. The molecule has 2 aliphatic heterocycles. The Bertz CT molecular complexity index is 1510. The van der Waals surface area contributed by atoms with Crippen molar-refractivity contribution in [3.63, 3.8) is 0 Å². The van der Waals surface area contributed by atoms with Gasteiger partial charge >= 0.3 is 5.97 Å². The van der Waals surface area contributed by atoms with Gasteiger partial charge in [0, 0.05) is 45.0 Å². The number of benzene rings is 1. The van der Waals surface area contributed by atoms with Gasteiger partial charge in [0.05, 0.1) is 41.7 Å². The van der Waals surface area contributed by atoms with E-state index in [1.807, 2.05) is 55.4 Å². The van der Waals surface area contributed by atoms with E-state index < -0.39 is 12.0 Å². The summed E-state index contributed by atoms with van der Waals surface area (Å²) in [5.74, 6) is 0.863. The molecule has 1 aromatic carbocycles. The highest BCUT2D eigenvalue weighted by atomic mass is 32.1. The number of furan rings is 1. The van der Waals surface area contributed by atoms with Crippen LogP contribution in [-0.2, 0) is 14.3 Å². The lowest BCUT2D eigenvalue weighted by atomic mass is 9.95. The van der Waals surface area contributed by atoms with E-state index in [2.05, 4.69) is 9.89 Å². The van der Waals surface area contributed by atoms with Gasteiger partial charge in [-0.05, 0) is 37.6 Å². The fraction of sp³-hybridized carbons (Fsp3) is 0.370. The molecule has 2 aliphatic rings. The van der Waals surface area contributed by atoms with E-state index in [0.717, 1.165) is 30.2 Å². The van der Waals surface area contributed by atoms with Gasteiger partial charge in [-0.15, -0.1) is 0 Å². The van der Waals surface area contributed by atoms with E-state index in [0.29, 0.717) is 39.6 Å². The smallest absolute Gasteiger partial charge is 0.338 e. The van der Waals surface area contributed by atoms with Gasteiger partial charge in [-0.2, -0.15) is 0 Å². The highest BCUT2D eigenvalue weighted by Crippen LogP contribution is 2.31. The van der Waals surface area contributed by atoms with Gasteiger partial charge in [0.15, 0.2) is 10.7 Å². The maximum Gasteiger partial charge on any atom is 0.338 e. The van der Waals surface area contributed by atoms with Gasteiger partial charge in [0.25, 0.3) is 5.56 Å². The standard InChI is InChI=1S/C27H30N4O5S/c1-5-35-26(33)23-17(2)28-27-31(24(23)18-6-8-19(9-7-18)29(3)4)25(32)21(37-27)16-20-10-11-22(36-20)30-12-14-34-15-13-30/h6-11,16,24H,5,12-15H2,1-4H3/b21-16+. The Balaban J connectivity index is 1.60. The van der Waals surface area contributed by atoms with Crippen LogP contribution in [0.4, 0.5) is 11.6 Å². The number of aromatic nitrogens is 1. The maximum atomic E-state index is 13.7. The lowest BCUT2D eigenvalue weighted by molar-refractivity contribution is -0.139. The Morgan fingerprint density at radius 1 is 1.19 bits per heavy atom. The predicted molar refractivity (Wildman–Crippen MR) is 143 cm³/mol. The second-order valence-corrected chi connectivity index (χ2v) is 10.1. The quantitative estimate of drug-likeness (QED) is 0.459. The Kier molecular flexibility index (Phi) is 7.03. The average Bonchev–Trinajstić information content (AvgIpc) is 3.48. The molecule has 1 fully saturated rings. The molecular weight excluding hydrogens is 492 g/mol. The Hall–Kier alpha value is -3.63. The van der Waals surface area contributed by atoms with Crippen LogP contribution >= 0.6 is 11.3 Å². The molecule has 1 atom stereocenters. The first-order valence-electron chi connectivity index (χ1n) is 12.3. The van der Waals surface area contributed by atoms with Crippen molar-refractivity contribution in [2.45, 2.75) is 19.9 Å². The maximum absolute atomic E-state index is 13.7. The molecule has 9 nitrogen and oxygen atoms in total. The molecule has 37 heavy (non-hydrogen) atoms. The van der Waals surface area contributed by atoms with Gasteiger partial charge in [0.1, 0.15) is 5.76 Å². The SMILES string of the molecule is CCOC(=O)C1=C(C)N=c2s/c(=C/c3ccc(N4CCOCC4)o3)c(=O)n2C1c1ccc(N(C)C)cc1. The third-order valence-corrected chi connectivity index (χ3v) is 7.43. The van der Waals surface area contributed by atoms with Crippen LogP contribution in [0.3, 0.4) is 0 Å². The van der Waals surface area contributed by atoms with Crippen molar-refractivity contribution >= 4 is 35.0 Å². The van der Waals surface area contributed by atoms with Crippen molar-refractivity contribution < 1.29 is 18.7 Å². The number of carbonyl (C=O) groups is 1. The monoisotopic (exact) mass is 522 g/mol. The van der Waals surface area contributed by atoms with Crippen LogP contribution in [0.15, 0.2) is 61.9 Å². The van der Waals surface area contributed by atoms with Crippen LogP contribution in [-0.4, -0.2) is 57.5 Å². The minimum atomic E-state index is -0.644. The molecular formula is C27H30N4O5S. The van der Waals surface area contributed by atoms with Crippen molar-refractivity contribution in [1.82, 2.24) is 4.57 Å². The lowest BCUT2D eigenvalue weighted by Crippen LogP contribution is -2.39. The van der Waals surface area contributed by atoms with E-state index in [9.17, 15) is 9.59 Å². The molecule has 0 bridgehead atoms. The van der Waals surface area contributed by atoms with E-state index in [1.165, 1.54) is 11.3 Å². The number of allylic oxidation sites excluding steroid dienone is 1. The summed E-state index contributed by atoms with van der Waals surface area (Å²) in [6, 6.07) is 10.9. The van der Waals surface area contributed by atoms with Crippen molar-refractivity contribution in [3.05, 3.63) is 78.7 Å². The molecule has 0 saturated carbocycles. The highest BCUT2D eigenvalue weighted by Gasteiger charge is 2.33. The summed E-state index contributed by atoms with van der Waals surface area (Å²) in [6.07, 6.45) is 1.74. The van der Waals surface area contributed by atoms with Crippen molar-refractivity contribution in [2.75, 3.05) is 56.8 Å². The first-order valence-corrected chi connectivity index (χ1v) is 13.1. The zero-order valence-corrected chi connectivity index (χ0v) is 22.2. The number of hydrogen-bond donors (Lipinski definition) is 0. The molecule has 0 spiro atoms. The second-order valence-electron chi connectivity index (χ2n) is 9.06. The fourth-order valence-electron chi connectivity index (χ4n) is 4.56. The number of nitrogens with zero attached hydrogens (tertiary/aromatic N) is 4. The Morgan fingerprint density at radius 3 is 2.59 bits per heavy atom. The summed E-state index contributed by atoms with van der Waals surface area (Å²) < 4.78 is 18.9. The number of esters is 1. The summed E-state index contributed by atoms with van der Waals surface area (Å²) in [5.41, 5.74) is 2.50. The predicted octanol–water partition coefficient (Wildman–Crippen LogP) is 2.29. The topological polar surface area (TPSA) is 89.5 Å². The van der Waals surface area contributed by atoms with Crippen LogP contribution in [0.5, 0.6) is 0 Å². The molecule has 3 aromatic rings. The van der Waals surface area contributed by atoms with Gasteiger partial charge in [-0.25, -0.2) is 9.79 Å². The summed E-state index contributed by atoms with van der Waals surface area (Å²) in [5, 5.41) is 0. The van der Waals surface area contributed by atoms with Crippen LogP contribution < -0.4 is 24.7 Å². The minimum absolute atomic E-state index is 0.232. The van der Waals surface area contributed by atoms with E-state index in [4.69, 9.17) is 13.9 Å². The molecule has 5 rings (SSSR count). The Morgan fingerprint density at radius 2 is 1.92 bits per heavy atom. The number of hydrogen-bond acceptors (Lipinski definition) is 9. The third-order valence-electron chi connectivity index (χ3n) is 6.45. The number of anilines is 2. The Labute approximate surface area is 218 Å². The van der Waals surface area contributed by atoms with E-state index >= 15 is 0 Å². The van der Waals surface area contributed by atoms with Crippen molar-refractivity contribution in [3.8, 4) is 0 Å². The highest BCUT2D eigenvalue weighted by molar-refractivity contribution is 7.07. The molecule has 10 heteroatoms. The van der Waals surface area contributed by atoms with Gasteiger partial charge in [-0.1, -0.05) is 23.5 Å². The molecule has 0 amide bonds. The largest absolute Gasteiger partial charge is 0.463 e. The molecule has 4 heterocycles. The zero-order chi connectivity index (χ0) is 26.1. The normalized spacial score (nSPS) is 18.0. The molecule has 2 aromatic heterocycles. The van der Waals surface area contributed by atoms with Gasteiger partial charge in [0.2, 0.25) is 0 Å². The number of rotatable bonds is 6. The van der Waals surface area contributed by atoms with Crippen LogP contribution in [0.25, 0.3) is 6.08 Å². The summed E-state index contributed by atoms with van der Waals surface area (Å²) in [7, 11) is 3.93. The number of fused-ring (bicyclic) bond motifs is 1. The van der Waals surface area contributed by atoms with Crippen LogP contribution in [0, 0.1) is 0 Å². The molecule has 0 aliphatic carbocycles.